The molecule has 0 fully saturated rings. The monoisotopic (exact) mass is 352 g/mol. The van der Waals surface area contributed by atoms with Crippen molar-refractivity contribution in [3.8, 4) is 0 Å². The van der Waals surface area contributed by atoms with Crippen molar-refractivity contribution in [2.45, 2.75) is 17.3 Å². The molecule has 1 atom stereocenters. The maximum atomic E-state index is 12.0. The van der Waals surface area contributed by atoms with Gasteiger partial charge in [0, 0.05) is 13.7 Å². The zero-order valence-corrected chi connectivity index (χ0v) is 14.7. The molecule has 0 saturated carbocycles. The number of rotatable bonds is 9. The first-order valence-corrected chi connectivity index (χ1v) is 9.02. The van der Waals surface area contributed by atoms with Crippen LogP contribution in [0, 0.1) is 0 Å². The molecule has 0 spiro atoms. The summed E-state index contributed by atoms with van der Waals surface area (Å²) in [5, 5.41) is 14.9. The van der Waals surface area contributed by atoms with E-state index in [1.165, 1.54) is 23.1 Å². The van der Waals surface area contributed by atoms with Gasteiger partial charge in [-0.1, -0.05) is 53.4 Å². The lowest BCUT2D eigenvalue weighted by molar-refractivity contribution is -0.119. The summed E-state index contributed by atoms with van der Waals surface area (Å²) in [7, 11) is 1.65. The van der Waals surface area contributed by atoms with Crippen LogP contribution in [-0.4, -0.2) is 42.1 Å². The third-order valence-corrected chi connectivity index (χ3v) is 5.01. The highest BCUT2D eigenvalue weighted by atomic mass is 32.2. The topological polar surface area (TPSA) is 76.1 Å². The van der Waals surface area contributed by atoms with Gasteiger partial charge < -0.3 is 15.4 Å². The van der Waals surface area contributed by atoms with Crippen LogP contribution in [0.5, 0.6) is 0 Å². The second-order valence-corrected chi connectivity index (χ2v) is 6.98. The second kappa shape index (κ2) is 9.49. The quantitative estimate of drug-likeness (QED) is 0.534. The van der Waals surface area contributed by atoms with Crippen LogP contribution in [0.4, 0.5) is 5.13 Å². The number of amides is 1. The predicted octanol–water partition coefficient (Wildman–Crippen LogP) is 2.57. The van der Waals surface area contributed by atoms with E-state index in [0.717, 1.165) is 15.0 Å². The van der Waals surface area contributed by atoms with Gasteiger partial charge in [0.15, 0.2) is 4.34 Å². The Morgan fingerprint density at radius 1 is 1.35 bits per heavy atom. The van der Waals surface area contributed by atoms with Gasteiger partial charge in [0.25, 0.3) is 0 Å². The minimum atomic E-state index is -0.0181. The SMILES string of the molecule is COCCNc1nnc(SCC(=O)N[C@@H](C)c2ccccc2)s1. The fourth-order valence-electron chi connectivity index (χ4n) is 1.84. The van der Waals surface area contributed by atoms with Crippen LogP contribution in [0.2, 0.25) is 0 Å². The van der Waals surface area contributed by atoms with Crippen LogP contribution in [0.1, 0.15) is 18.5 Å². The van der Waals surface area contributed by atoms with E-state index in [2.05, 4.69) is 20.8 Å². The van der Waals surface area contributed by atoms with Crippen molar-refractivity contribution in [3.05, 3.63) is 35.9 Å². The maximum Gasteiger partial charge on any atom is 0.230 e. The van der Waals surface area contributed by atoms with E-state index in [9.17, 15) is 4.79 Å². The Morgan fingerprint density at radius 2 is 2.13 bits per heavy atom. The highest BCUT2D eigenvalue weighted by molar-refractivity contribution is 8.01. The number of benzene rings is 1. The van der Waals surface area contributed by atoms with Gasteiger partial charge in [0.1, 0.15) is 0 Å². The van der Waals surface area contributed by atoms with Gasteiger partial charge in [-0.3, -0.25) is 4.79 Å². The van der Waals surface area contributed by atoms with Crippen LogP contribution >= 0.6 is 23.1 Å². The molecule has 6 nitrogen and oxygen atoms in total. The summed E-state index contributed by atoms with van der Waals surface area (Å²) in [6, 6.07) is 9.88. The highest BCUT2D eigenvalue weighted by Crippen LogP contribution is 2.25. The summed E-state index contributed by atoms with van der Waals surface area (Å²) in [6.07, 6.45) is 0. The molecule has 8 heteroatoms. The van der Waals surface area contributed by atoms with Crippen molar-refractivity contribution >= 4 is 34.1 Å². The molecular weight excluding hydrogens is 332 g/mol. The Balaban J connectivity index is 1.74. The highest BCUT2D eigenvalue weighted by Gasteiger charge is 2.11. The number of ether oxygens (including phenoxy) is 1. The molecule has 2 aromatic rings. The summed E-state index contributed by atoms with van der Waals surface area (Å²) in [6.45, 7) is 3.27. The largest absolute Gasteiger partial charge is 0.383 e. The standard InChI is InChI=1S/C15H20N4O2S2/c1-11(12-6-4-3-5-7-12)17-13(20)10-22-15-19-18-14(23-15)16-8-9-21-2/h3-7,11H,8-10H2,1-2H3,(H,16,18)(H,17,20)/t11-/m0/s1. The number of methoxy groups -OCH3 is 1. The average Bonchev–Trinajstić information content (AvgIpc) is 3.02. The van der Waals surface area contributed by atoms with E-state index < -0.39 is 0 Å². The van der Waals surface area contributed by atoms with Crippen LogP contribution in [0.15, 0.2) is 34.7 Å². The molecule has 0 aliphatic heterocycles. The number of anilines is 1. The van der Waals surface area contributed by atoms with E-state index in [0.29, 0.717) is 18.9 Å². The van der Waals surface area contributed by atoms with Crippen LogP contribution in [-0.2, 0) is 9.53 Å². The summed E-state index contributed by atoms with van der Waals surface area (Å²) >= 11 is 2.82. The maximum absolute atomic E-state index is 12.0. The fraction of sp³-hybridized carbons (Fsp3) is 0.400. The Hall–Kier alpha value is -1.64. The number of nitrogens with one attached hydrogen (secondary N) is 2. The number of carbonyl (C=O) groups is 1. The molecule has 2 rings (SSSR count). The van der Waals surface area contributed by atoms with Crippen LogP contribution in [0.25, 0.3) is 0 Å². The van der Waals surface area contributed by atoms with Crippen molar-refractivity contribution in [1.82, 2.24) is 15.5 Å². The molecule has 0 radical (unpaired) electrons. The number of aromatic nitrogens is 2. The lowest BCUT2D eigenvalue weighted by Crippen LogP contribution is -2.28. The van der Waals surface area contributed by atoms with Crippen molar-refractivity contribution < 1.29 is 9.53 Å². The molecule has 1 aromatic heterocycles. The van der Waals surface area contributed by atoms with E-state index in [-0.39, 0.29) is 11.9 Å². The Labute approximate surface area is 144 Å². The first-order valence-electron chi connectivity index (χ1n) is 7.22. The molecule has 23 heavy (non-hydrogen) atoms. The molecular formula is C15H20N4O2S2. The molecule has 1 aromatic carbocycles. The lowest BCUT2D eigenvalue weighted by Gasteiger charge is -2.13. The first-order chi connectivity index (χ1) is 11.2. The predicted molar refractivity (Wildman–Crippen MR) is 94.0 cm³/mol. The van der Waals surface area contributed by atoms with E-state index in [1.54, 1.807) is 7.11 Å². The summed E-state index contributed by atoms with van der Waals surface area (Å²) in [4.78, 5) is 12.0. The van der Waals surface area contributed by atoms with Gasteiger partial charge >= 0.3 is 0 Å². The molecule has 0 aliphatic carbocycles. The molecule has 0 unspecified atom stereocenters. The zero-order chi connectivity index (χ0) is 16.5. The summed E-state index contributed by atoms with van der Waals surface area (Å²) < 4.78 is 5.73. The second-order valence-electron chi connectivity index (χ2n) is 4.78. The third-order valence-electron chi connectivity index (χ3n) is 2.99. The van der Waals surface area contributed by atoms with Gasteiger partial charge in [0.2, 0.25) is 11.0 Å². The van der Waals surface area contributed by atoms with Crippen molar-refractivity contribution in [2.24, 2.45) is 0 Å². The minimum Gasteiger partial charge on any atom is -0.383 e. The lowest BCUT2D eigenvalue weighted by atomic mass is 10.1. The minimum absolute atomic E-state index is 0.00927. The number of hydrogen-bond donors (Lipinski definition) is 2. The van der Waals surface area contributed by atoms with Crippen molar-refractivity contribution in [2.75, 3.05) is 31.3 Å². The summed E-state index contributed by atoms with van der Waals surface area (Å²) in [5.41, 5.74) is 1.09. The number of nitrogens with zero attached hydrogens (tertiary/aromatic N) is 2. The van der Waals surface area contributed by atoms with E-state index in [4.69, 9.17) is 4.74 Å². The van der Waals surface area contributed by atoms with Gasteiger partial charge in [-0.25, -0.2) is 0 Å². The average molecular weight is 352 g/mol. The Kier molecular flexibility index (Phi) is 7.31. The smallest absolute Gasteiger partial charge is 0.230 e. The van der Waals surface area contributed by atoms with Crippen molar-refractivity contribution in [1.29, 1.82) is 0 Å². The molecule has 0 saturated heterocycles. The Morgan fingerprint density at radius 3 is 2.87 bits per heavy atom. The van der Waals surface area contributed by atoms with E-state index >= 15 is 0 Å². The molecule has 2 N–H and O–H groups in total. The summed E-state index contributed by atoms with van der Waals surface area (Å²) in [5.74, 6) is 0.305. The van der Waals surface area contributed by atoms with Crippen molar-refractivity contribution in [3.63, 3.8) is 0 Å². The Bertz CT molecular complexity index is 607. The normalized spacial score (nSPS) is 11.9. The molecule has 1 heterocycles. The van der Waals surface area contributed by atoms with Gasteiger partial charge in [-0.2, -0.15) is 0 Å². The third kappa shape index (κ3) is 6.17. The fourth-order valence-corrected chi connectivity index (χ4v) is 3.42. The molecule has 1 amide bonds. The van der Waals surface area contributed by atoms with Gasteiger partial charge in [-0.05, 0) is 12.5 Å². The molecule has 124 valence electrons. The number of thioether (sulfide) groups is 1. The van der Waals surface area contributed by atoms with Gasteiger partial charge in [-0.15, -0.1) is 10.2 Å². The van der Waals surface area contributed by atoms with E-state index in [1.807, 2.05) is 37.3 Å². The molecule has 0 aliphatic rings. The van der Waals surface area contributed by atoms with Crippen LogP contribution < -0.4 is 10.6 Å². The van der Waals surface area contributed by atoms with Crippen LogP contribution in [0.3, 0.4) is 0 Å². The molecule has 0 bridgehead atoms. The number of carbonyl (C=O) groups excluding carboxylic acids is 1. The first kappa shape index (κ1) is 17.7. The zero-order valence-electron chi connectivity index (χ0n) is 13.1. The number of hydrogen-bond acceptors (Lipinski definition) is 7. The van der Waals surface area contributed by atoms with Gasteiger partial charge in [0.05, 0.1) is 18.4 Å².